The molecule has 0 bridgehead atoms. The van der Waals surface area contributed by atoms with Crippen LogP contribution in [0.1, 0.15) is 22.4 Å². The molecule has 2 aromatic heterocycles. The van der Waals surface area contributed by atoms with Crippen LogP contribution in [0.4, 0.5) is 0 Å². The maximum Gasteiger partial charge on any atom is 0.141 e. The Kier molecular flexibility index (Phi) is 5.00. The average Bonchev–Trinajstić information content (AvgIpc) is 3.17. The van der Waals surface area contributed by atoms with Crippen molar-refractivity contribution in [3.05, 3.63) is 129 Å². The van der Waals surface area contributed by atoms with Crippen molar-refractivity contribution in [1.82, 2.24) is 14.8 Å². The minimum absolute atomic E-state index is 0.384. The van der Waals surface area contributed by atoms with Gasteiger partial charge in [-0.25, -0.2) is 9.67 Å². The summed E-state index contributed by atoms with van der Waals surface area (Å²) in [4.78, 5) is 4.37. The highest BCUT2D eigenvalue weighted by Crippen LogP contribution is 2.42. The predicted molar refractivity (Wildman–Crippen MR) is 130 cm³/mol. The van der Waals surface area contributed by atoms with Crippen LogP contribution >= 0.6 is 22.6 Å². The van der Waals surface area contributed by atoms with Crippen LogP contribution in [0.2, 0.25) is 0 Å². The van der Waals surface area contributed by atoms with Crippen LogP contribution in [0, 0.1) is 15.0 Å². The quantitative estimate of drug-likeness (QED) is 0.228. The zero-order valence-corrected chi connectivity index (χ0v) is 18.6. The van der Waals surface area contributed by atoms with E-state index < -0.39 is 5.54 Å². The maximum atomic E-state index is 9.35. The first-order valence-electron chi connectivity index (χ1n) is 9.86. The SMILES string of the molecule is N#Cc1cc2c(I)nn(C(c3ccccc3)(c3ccccc3)c3ccccc3)c2cn1. The lowest BCUT2D eigenvalue weighted by Crippen LogP contribution is -2.38. The van der Waals surface area contributed by atoms with Crippen molar-refractivity contribution in [3.8, 4) is 6.07 Å². The molecule has 0 spiro atoms. The van der Waals surface area contributed by atoms with Gasteiger partial charge >= 0.3 is 0 Å². The second-order valence-corrected chi connectivity index (χ2v) is 8.23. The summed E-state index contributed by atoms with van der Waals surface area (Å²) in [5, 5.41) is 15.3. The number of fused-ring (bicyclic) bond motifs is 1. The van der Waals surface area contributed by atoms with Crippen LogP contribution in [-0.4, -0.2) is 14.8 Å². The van der Waals surface area contributed by atoms with Crippen LogP contribution in [0.25, 0.3) is 10.9 Å². The van der Waals surface area contributed by atoms with Gasteiger partial charge in [0.1, 0.15) is 21.0 Å². The van der Waals surface area contributed by atoms with Crippen LogP contribution < -0.4 is 0 Å². The van der Waals surface area contributed by atoms with Gasteiger partial charge in [0, 0.05) is 5.39 Å². The highest BCUT2D eigenvalue weighted by Gasteiger charge is 2.40. The third-order valence-electron chi connectivity index (χ3n) is 5.53. The number of rotatable bonds is 4. The van der Waals surface area contributed by atoms with Crippen molar-refractivity contribution in [2.24, 2.45) is 0 Å². The third-order valence-corrected chi connectivity index (χ3v) is 6.32. The molecule has 3 aromatic carbocycles. The van der Waals surface area contributed by atoms with E-state index in [1.165, 1.54) is 0 Å². The molecule has 0 aliphatic heterocycles. The Balaban J connectivity index is 1.97. The predicted octanol–water partition coefficient (Wildman–Crippen LogP) is 5.75. The lowest BCUT2D eigenvalue weighted by molar-refractivity contribution is 0.473. The molecule has 5 aromatic rings. The molecule has 2 heterocycles. The van der Waals surface area contributed by atoms with Crippen molar-refractivity contribution in [2.75, 3.05) is 0 Å². The van der Waals surface area contributed by atoms with Gasteiger partial charge < -0.3 is 0 Å². The Labute approximate surface area is 193 Å². The van der Waals surface area contributed by atoms with Gasteiger partial charge in [0.2, 0.25) is 0 Å². The second-order valence-electron chi connectivity index (χ2n) is 7.21. The molecule has 0 saturated heterocycles. The third kappa shape index (κ3) is 3.11. The first-order valence-corrected chi connectivity index (χ1v) is 10.9. The molecule has 0 atom stereocenters. The van der Waals surface area contributed by atoms with Gasteiger partial charge in [0.25, 0.3) is 0 Å². The summed E-state index contributed by atoms with van der Waals surface area (Å²) >= 11 is 2.24. The molecule has 0 fully saturated rings. The van der Waals surface area contributed by atoms with Crippen LogP contribution in [0.3, 0.4) is 0 Å². The largest absolute Gasteiger partial charge is 0.243 e. The zero-order chi connectivity index (χ0) is 21.3. The molecule has 5 heteroatoms. The van der Waals surface area contributed by atoms with Crippen molar-refractivity contribution in [1.29, 1.82) is 5.26 Å². The van der Waals surface area contributed by atoms with E-state index in [4.69, 9.17) is 5.10 Å². The number of halogens is 1. The lowest BCUT2D eigenvalue weighted by atomic mass is 9.77. The number of aromatic nitrogens is 3. The molecule has 0 aliphatic carbocycles. The van der Waals surface area contributed by atoms with E-state index in [1.54, 1.807) is 6.20 Å². The number of pyridine rings is 1. The van der Waals surface area contributed by atoms with E-state index in [0.29, 0.717) is 5.69 Å². The van der Waals surface area contributed by atoms with E-state index in [-0.39, 0.29) is 0 Å². The van der Waals surface area contributed by atoms with Crippen molar-refractivity contribution in [3.63, 3.8) is 0 Å². The molecular weight excluding hydrogens is 495 g/mol. The molecule has 5 rings (SSSR count). The van der Waals surface area contributed by atoms with Crippen molar-refractivity contribution in [2.45, 2.75) is 5.54 Å². The summed E-state index contributed by atoms with van der Waals surface area (Å²) < 4.78 is 2.89. The minimum Gasteiger partial charge on any atom is -0.243 e. The van der Waals surface area contributed by atoms with Crippen LogP contribution in [-0.2, 0) is 5.54 Å². The average molecular weight is 512 g/mol. The summed E-state index contributed by atoms with van der Waals surface area (Å²) in [6.45, 7) is 0. The fraction of sp³-hybridized carbons (Fsp3) is 0.0385. The van der Waals surface area contributed by atoms with Crippen LogP contribution in [0.15, 0.2) is 103 Å². The summed E-state index contributed by atoms with van der Waals surface area (Å²) in [5.74, 6) is 0. The Morgan fingerprint density at radius 3 is 1.71 bits per heavy atom. The molecule has 0 radical (unpaired) electrons. The van der Waals surface area contributed by atoms with Gasteiger partial charge in [-0.15, -0.1) is 0 Å². The standard InChI is InChI=1S/C26H17IN4/c27-25-23-16-22(17-28)29-18-24(23)31(30-25)26(19-10-4-1-5-11-19,20-12-6-2-7-13-20)21-14-8-3-9-15-21/h1-16,18H. The van der Waals surface area contributed by atoms with Gasteiger partial charge in [-0.05, 0) is 45.3 Å². The molecule has 0 unspecified atom stereocenters. The molecule has 0 saturated carbocycles. The Hall–Kier alpha value is -3.50. The first kappa shape index (κ1) is 19.5. The van der Waals surface area contributed by atoms with Crippen LogP contribution in [0.5, 0.6) is 0 Å². The summed E-state index contributed by atoms with van der Waals surface area (Å²) in [5.41, 5.74) is 3.84. The first-order chi connectivity index (χ1) is 15.2. The smallest absolute Gasteiger partial charge is 0.141 e. The van der Waals surface area contributed by atoms with Gasteiger partial charge in [-0.2, -0.15) is 10.4 Å². The Bertz CT molecular complexity index is 1290. The van der Waals surface area contributed by atoms with Crippen molar-refractivity contribution >= 4 is 33.5 Å². The van der Waals surface area contributed by atoms with Gasteiger partial charge in [-0.3, -0.25) is 0 Å². The molecule has 148 valence electrons. The fourth-order valence-corrected chi connectivity index (χ4v) is 4.85. The van der Waals surface area contributed by atoms with E-state index >= 15 is 0 Å². The Morgan fingerprint density at radius 1 is 0.774 bits per heavy atom. The molecule has 0 amide bonds. The van der Waals surface area contributed by atoms with Gasteiger partial charge in [0.05, 0.1) is 11.7 Å². The minimum atomic E-state index is -0.707. The summed E-state index contributed by atoms with van der Waals surface area (Å²) in [6.07, 6.45) is 1.76. The summed E-state index contributed by atoms with van der Waals surface area (Å²) in [6, 6.07) is 35.2. The number of nitrogens with zero attached hydrogens (tertiary/aromatic N) is 4. The number of nitriles is 1. The number of hydrogen-bond acceptors (Lipinski definition) is 3. The highest BCUT2D eigenvalue weighted by molar-refractivity contribution is 14.1. The Morgan fingerprint density at radius 2 is 1.26 bits per heavy atom. The number of benzene rings is 3. The molecular formula is C26H17IN4. The highest BCUT2D eigenvalue weighted by atomic mass is 127. The molecule has 31 heavy (non-hydrogen) atoms. The van der Waals surface area contributed by atoms with E-state index in [9.17, 15) is 5.26 Å². The van der Waals surface area contributed by atoms with Gasteiger partial charge in [-0.1, -0.05) is 91.0 Å². The fourth-order valence-electron chi connectivity index (χ4n) is 4.20. The van der Waals surface area contributed by atoms with Crippen molar-refractivity contribution < 1.29 is 0 Å². The molecule has 4 nitrogen and oxygen atoms in total. The summed E-state index contributed by atoms with van der Waals surface area (Å²) in [7, 11) is 0. The number of hydrogen-bond donors (Lipinski definition) is 0. The molecule has 0 aliphatic rings. The van der Waals surface area contributed by atoms with Gasteiger partial charge in [0.15, 0.2) is 0 Å². The monoisotopic (exact) mass is 512 g/mol. The normalized spacial score (nSPS) is 11.4. The lowest BCUT2D eigenvalue weighted by Gasteiger charge is -2.36. The van der Waals surface area contributed by atoms with E-state index in [0.717, 1.165) is 31.3 Å². The van der Waals surface area contributed by atoms with E-state index in [2.05, 4.69) is 111 Å². The maximum absolute atomic E-state index is 9.35. The second kappa shape index (κ2) is 7.97. The topological polar surface area (TPSA) is 54.5 Å². The molecule has 0 N–H and O–H groups in total. The zero-order valence-electron chi connectivity index (χ0n) is 16.5. The van der Waals surface area contributed by atoms with E-state index in [1.807, 2.05) is 24.3 Å².